The van der Waals surface area contributed by atoms with Crippen LogP contribution in [-0.4, -0.2) is 18.0 Å². The van der Waals surface area contributed by atoms with Gasteiger partial charge < -0.3 is 4.57 Å². The second kappa shape index (κ2) is 3.47. The van der Waals surface area contributed by atoms with E-state index in [0.29, 0.717) is 0 Å². The van der Waals surface area contributed by atoms with Crippen LogP contribution in [0.2, 0.25) is 0 Å². The predicted octanol–water partition coefficient (Wildman–Crippen LogP) is 0.0200. The van der Waals surface area contributed by atoms with Crippen molar-refractivity contribution in [3.63, 3.8) is 0 Å². The van der Waals surface area contributed by atoms with Crippen molar-refractivity contribution >= 4 is 10.0 Å². The smallest absolute Gasteiger partial charge is 0.257 e. The lowest BCUT2D eigenvalue weighted by atomic mass is 10.3. The molecular formula is C7H13N3O2S. The van der Waals surface area contributed by atoms with E-state index in [1.807, 2.05) is 6.92 Å². The molecule has 1 heterocycles. The number of nitrogens with two attached hydrogens (primary N) is 1. The molecule has 5 nitrogen and oxygen atoms in total. The van der Waals surface area contributed by atoms with Gasteiger partial charge in [0.15, 0.2) is 5.03 Å². The second-order valence-corrected chi connectivity index (χ2v) is 4.41. The van der Waals surface area contributed by atoms with Gasteiger partial charge in [0, 0.05) is 19.7 Å². The topological polar surface area (TPSA) is 78.0 Å². The third kappa shape index (κ3) is 2.28. The third-order valence-electron chi connectivity index (χ3n) is 1.72. The highest BCUT2D eigenvalue weighted by Gasteiger charge is 2.13. The predicted molar refractivity (Wildman–Crippen MR) is 48.6 cm³/mol. The van der Waals surface area contributed by atoms with Gasteiger partial charge in [0.2, 0.25) is 0 Å². The van der Waals surface area contributed by atoms with Crippen LogP contribution in [0.5, 0.6) is 0 Å². The van der Waals surface area contributed by atoms with Crippen LogP contribution < -0.4 is 5.14 Å². The van der Waals surface area contributed by atoms with Gasteiger partial charge in [0.05, 0.1) is 0 Å². The molecule has 1 rings (SSSR count). The first kappa shape index (κ1) is 10.2. The van der Waals surface area contributed by atoms with E-state index in [1.54, 1.807) is 11.6 Å². The van der Waals surface area contributed by atoms with Crippen LogP contribution in [0.3, 0.4) is 0 Å². The molecule has 0 radical (unpaired) electrons. The number of imidazole rings is 1. The highest BCUT2D eigenvalue weighted by atomic mass is 32.2. The van der Waals surface area contributed by atoms with Crippen LogP contribution in [0.1, 0.15) is 19.2 Å². The summed E-state index contributed by atoms with van der Waals surface area (Å²) in [6.45, 7) is 2.01. The lowest BCUT2D eigenvalue weighted by Gasteiger charge is -1.95. The van der Waals surface area contributed by atoms with Crippen molar-refractivity contribution in [3.8, 4) is 0 Å². The lowest BCUT2D eigenvalue weighted by molar-refractivity contribution is 0.594. The van der Waals surface area contributed by atoms with Crippen molar-refractivity contribution in [3.05, 3.63) is 12.0 Å². The largest absolute Gasteiger partial charge is 0.337 e. The van der Waals surface area contributed by atoms with Crippen molar-refractivity contribution < 1.29 is 8.42 Å². The third-order valence-corrected chi connectivity index (χ3v) is 2.50. The Balaban J connectivity index is 3.09. The molecule has 0 atom stereocenters. The van der Waals surface area contributed by atoms with E-state index in [9.17, 15) is 8.42 Å². The van der Waals surface area contributed by atoms with Crippen molar-refractivity contribution in [1.29, 1.82) is 0 Å². The summed E-state index contributed by atoms with van der Waals surface area (Å²) in [5, 5.41) is 4.87. The van der Waals surface area contributed by atoms with Crippen LogP contribution in [0, 0.1) is 0 Å². The summed E-state index contributed by atoms with van der Waals surface area (Å²) in [6, 6.07) is 0. The summed E-state index contributed by atoms with van der Waals surface area (Å²) >= 11 is 0. The summed E-state index contributed by atoms with van der Waals surface area (Å²) < 4.78 is 23.5. The number of hydrogen-bond acceptors (Lipinski definition) is 3. The van der Waals surface area contributed by atoms with Gasteiger partial charge in [-0.05, 0) is 6.42 Å². The van der Waals surface area contributed by atoms with Crippen LogP contribution in [-0.2, 0) is 23.5 Å². The summed E-state index contributed by atoms with van der Waals surface area (Å²) in [5.41, 5.74) is 0. The fraction of sp³-hybridized carbons (Fsp3) is 0.571. The minimum absolute atomic E-state index is 0.0570. The Hall–Kier alpha value is -0.880. The normalized spacial score (nSPS) is 11.9. The quantitative estimate of drug-likeness (QED) is 0.752. The lowest BCUT2D eigenvalue weighted by Crippen LogP contribution is -2.12. The first-order valence-corrected chi connectivity index (χ1v) is 5.55. The number of primary sulfonamides is 1. The molecule has 1 aromatic heterocycles. The molecule has 0 aliphatic carbocycles. The Kier molecular flexibility index (Phi) is 2.72. The molecule has 13 heavy (non-hydrogen) atoms. The minimum Gasteiger partial charge on any atom is -0.337 e. The standard InChI is InChI=1S/C7H13N3O2S/c1-3-4-6-9-7(5-10(6)2)13(8,11)12/h5H,3-4H2,1-2H3,(H2,8,11,12). The van der Waals surface area contributed by atoms with E-state index in [1.165, 1.54) is 6.20 Å². The highest BCUT2D eigenvalue weighted by molar-refractivity contribution is 7.89. The maximum atomic E-state index is 10.9. The first-order chi connectivity index (χ1) is 5.95. The Labute approximate surface area is 77.6 Å². The van der Waals surface area contributed by atoms with E-state index in [4.69, 9.17) is 5.14 Å². The maximum absolute atomic E-state index is 10.9. The van der Waals surface area contributed by atoms with Gasteiger partial charge in [-0.2, -0.15) is 0 Å². The molecule has 0 bridgehead atoms. The maximum Gasteiger partial charge on any atom is 0.257 e. The number of aryl methyl sites for hydroxylation is 2. The number of rotatable bonds is 3. The van der Waals surface area contributed by atoms with E-state index in [2.05, 4.69) is 4.98 Å². The average Bonchev–Trinajstić information content (AvgIpc) is 2.32. The summed E-state index contributed by atoms with van der Waals surface area (Å²) in [6.07, 6.45) is 3.11. The number of sulfonamides is 1. The molecule has 0 unspecified atom stereocenters. The van der Waals surface area contributed by atoms with E-state index < -0.39 is 10.0 Å². The van der Waals surface area contributed by atoms with E-state index in [-0.39, 0.29) is 5.03 Å². The van der Waals surface area contributed by atoms with Crippen molar-refractivity contribution in [2.75, 3.05) is 0 Å². The van der Waals surface area contributed by atoms with Gasteiger partial charge in [-0.25, -0.2) is 18.5 Å². The molecule has 0 aliphatic heterocycles. The van der Waals surface area contributed by atoms with Gasteiger partial charge in [-0.1, -0.05) is 6.92 Å². The van der Waals surface area contributed by atoms with Crippen LogP contribution in [0.4, 0.5) is 0 Å². The number of aromatic nitrogens is 2. The van der Waals surface area contributed by atoms with Gasteiger partial charge in [-0.3, -0.25) is 0 Å². The summed E-state index contributed by atoms with van der Waals surface area (Å²) in [5.74, 6) is 0.742. The molecular weight excluding hydrogens is 190 g/mol. The monoisotopic (exact) mass is 203 g/mol. The molecule has 1 aromatic rings. The van der Waals surface area contributed by atoms with Crippen LogP contribution in [0.15, 0.2) is 11.2 Å². The van der Waals surface area contributed by atoms with Gasteiger partial charge in [0.25, 0.3) is 10.0 Å². The van der Waals surface area contributed by atoms with E-state index >= 15 is 0 Å². The number of hydrogen-bond donors (Lipinski definition) is 1. The molecule has 0 spiro atoms. The molecule has 0 saturated carbocycles. The Morgan fingerprint density at radius 2 is 2.23 bits per heavy atom. The zero-order chi connectivity index (χ0) is 10.1. The SMILES string of the molecule is CCCc1nc(S(N)(=O)=O)cn1C. The average molecular weight is 203 g/mol. The van der Waals surface area contributed by atoms with Gasteiger partial charge in [0.1, 0.15) is 5.82 Å². The molecule has 6 heteroatoms. The second-order valence-electron chi connectivity index (χ2n) is 2.90. The van der Waals surface area contributed by atoms with Crippen molar-refractivity contribution in [2.45, 2.75) is 24.8 Å². The van der Waals surface area contributed by atoms with Crippen molar-refractivity contribution in [1.82, 2.24) is 9.55 Å². The highest BCUT2D eigenvalue weighted by Crippen LogP contribution is 2.07. The molecule has 0 amide bonds. The summed E-state index contributed by atoms with van der Waals surface area (Å²) in [4.78, 5) is 3.92. The zero-order valence-corrected chi connectivity index (χ0v) is 8.50. The molecule has 0 aliphatic rings. The fourth-order valence-electron chi connectivity index (χ4n) is 1.07. The van der Waals surface area contributed by atoms with E-state index in [0.717, 1.165) is 18.7 Å². The molecule has 0 saturated heterocycles. The Morgan fingerprint density at radius 3 is 2.62 bits per heavy atom. The molecule has 2 N–H and O–H groups in total. The Morgan fingerprint density at radius 1 is 1.62 bits per heavy atom. The first-order valence-electron chi connectivity index (χ1n) is 4.00. The van der Waals surface area contributed by atoms with Crippen molar-refractivity contribution in [2.24, 2.45) is 12.2 Å². The van der Waals surface area contributed by atoms with Gasteiger partial charge in [-0.15, -0.1) is 0 Å². The molecule has 0 fully saturated rings. The van der Waals surface area contributed by atoms with Crippen LogP contribution in [0.25, 0.3) is 0 Å². The summed E-state index contributed by atoms with van der Waals surface area (Å²) in [7, 11) is -1.90. The Bertz CT molecular complexity index is 394. The minimum atomic E-state index is -3.65. The zero-order valence-electron chi connectivity index (χ0n) is 7.69. The molecule has 0 aromatic carbocycles. The fourth-order valence-corrected chi connectivity index (χ4v) is 1.61. The molecule has 74 valence electrons. The van der Waals surface area contributed by atoms with Crippen LogP contribution >= 0.6 is 0 Å². The number of nitrogens with zero attached hydrogens (tertiary/aromatic N) is 2. The van der Waals surface area contributed by atoms with Gasteiger partial charge >= 0.3 is 0 Å².